The fourth-order valence-electron chi connectivity index (χ4n) is 4.58. The lowest BCUT2D eigenvalue weighted by Crippen LogP contribution is -2.49. The summed E-state index contributed by atoms with van der Waals surface area (Å²) in [5.41, 5.74) is 1.97. The van der Waals surface area contributed by atoms with Crippen molar-refractivity contribution in [2.24, 2.45) is 4.99 Å². The number of ether oxygens (including phenoxy) is 2. The van der Waals surface area contributed by atoms with E-state index >= 15 is 0 Å². The highest BCUT2D eigenvalue weighted by Gasteiger charge is 2.44. The lowest BCUT2D eigenvalue weighted by Gasteiger charge is -2.24. The molecule has 2 aliphatic rings. The van der Waals surface area contributed by atoms with Gasteiger partial charge in [0, 0.05) is 6.42 Å². The Labute approximate surface area is 229 Å². The molecule has 3 heterocycles. The largest absolute Gasteiger partial charge is 0.445 e. The van der Waals surface area contributed by atoms with Crippen LogP contribution < -0.4 is 16.0 Å². The van der Waals surface area contributed by atoms with Crippen LogP contribution in [-0.2, 0) is 27.3 Å². The number of hydrogen-bond acceptors (Lipinski definition) is 10. The molecule has 6 N–H and O–H groups in total. The van der Waals surface area contributed by atoms with E-state index in [9.17, 15) is 24.9 Å². The van der Waals surface area contributed by atoms with E-state index in [1.54, 1.807) is 0 Å². The van der Waals surface area contributed by atoms with Crippen LogP contribution in [0.5, 0.6) is 0 Å². The topological polar surface area (TPSA) is 180 Å². The minimum atomic E-state index is -1.31. The Hall–Kier alpha value is -4.30. The predicted octanol–water partition coefficient (Wildman–Crippen LogP) is 0.601. The van der Waals surface area contributed by atoms with E-state index in [0.29, 0.717) is 11.5 Å². The normalized spacial score (nSPS) is 24.0. The van der Waals surface area contributed by atoms with E-state index in [-0.39, 0.29) is 13.0 Å². The quantitative estimate of drug-likeness (QED) is 0.222. The van der Waals surface area contributed by atoms with E-state index < -0.39 is 55.4 Å². The minimum Gasteiger partial charge on any atom is -0.445 e. The number of aliphatic hydroxyl groups excluding tert-OH is 3. The van der Waals surface area contributed by atoms with Crippen LogP contribution in [0.3, 0.4) is 0 Å². The van der Waals surface area contributed by atoms with Crippen molar-refractivity contribution in [1.82, 2.24) is 20.2 Å². The van der Waals surface area contributed by atoms with Crippen LogP contribution in [0.4, 0.5) is 10.6 Å². The second-order valence-corrected chi connectivity index (χ2v) is 9.40. The summed E-state index contributed by atoms with van der Waals surface area (Å²) in [5.74, 6) is -0.136. The Morgan fingerprint density at radius 1 is 1.05 bits per heavy atom. The van der Waals surface area contributed by atoms with Crippen molar-refractivity contribution in [2.75, 3.05) is 11.9 Å². The fourth-order valence-corrected chi connectivity index (χ4v) is 4.58. The molecule has 2 aromatic carbocycles. The first-order valence-electron chi connectivity index (χ1n) is 12.7. The van der Waals surface area contributed by atoms with Gasteiger partial charge in [-0.05, 0) is 11.1 Å². The van der Waals surface area contributed by atoms with Gasteiger partial charge in [-0.15, -0.1) is 0 Å². The SMILES string of the molecule is O=C(N[C@H](Cc1ccccc1)C(=O)N[C@@H]1N=CNc2c1ncn2[C@@H]1O[C@H](CO)[C@@H](O)[C@H]1O)OCc1ccccc1. The Morgan fingerprint density at radius 3 is 2.42 bits per heavy atom. The second-order valence-electron chi connectivity index (χ2n) is 9.40. The summed E-state index contributed by atoms with van der Waals surface area (Å²) >= 11 is 0. The number of fused-ring (bicyclic) bond motifs is 1. The molecule has 210 valence electrons. The number of aliphatic imine (C=N–C) groups is 1. The standard InChI is InChI=1S/C27H30N6O7/c34-12-19-21(35)22(36)26(40-19)33-15-30-20-23(28-14-29-24(20)33)32-25(37)18(11-16-7-3-1-4-8-16)31-27(38)39-13-17-9-5-2-6-10-17/h1-10,14-15,18-19,21-23,26,34-36H,11-13H2,(H,28,29)(H,31,38)(H,32,37)/t18-,19-,21-,22-,23+,26-/m1/s1. The monoisotopic (exact) mass is 550 g/mol. The number of anilines is 1. The zero-order valence-corrected chi connectivity index (χ0v) is 21.3. The second kappa shape index (κ2) is 12.3. The van der Waals surface area contributed by atoms with Crippen molar-refractivity contribution in [2.45, 2.75) is 49.8 Å². The summed E-state index contributed by atoms with van der Waals surface area (Å²) in [6.07, 6.45) is -3.30. The molecular formula is C27H30N6O7. The molecule has 6 atom stereocenters. The van der Waals surface area contributed by atoms with Gasteiger partial charge < -0.3 is 40.7 Å². The Bertz CT molecular complexity index is 1340. The fraction of sp³-hybridized carbons (Fsp3) is 0.333. The van der Waals surface area contributed by atoms with Crippen LogP contribution in [0.2, 0.25) is 0 Å². The molecule has 1 aromatic heterocycles. The molecule has 1 fully saturated rings. The number of amides is 2. The lowest BCUT2D eigenvalue weighted by atomic mass is 10.1. The van der Waals surface area contributed by atoms with Gasteiger partial charge >= 0.3 is 6.09 Å². The number of alkyl carbamates (subject to hydrolysis) is 1. The van der Waals surface area contributed by atoms with Gasteiger partial charge in [0.1, 0.15) is 42.5 Å². The molecule has 0 radical (unpaired) electrons. The maximum absolute atomic E-state index is 13.4. The van der Waals surface area contributed by atoms with Crippen molar-refractivity contribution in [3.05, 3.63) is 83.8 Å². The number of aliphatic hydroxyl groups is 3. The average Bonchev–Trinajstić information content (AvgIpc) is 3.53. The molecule has 0 saturated carbocycles. The smallest absolute Gasteiger partial charge is 0.408 e. The van der Waals surface area contributed by atoms with Crippen molar-refractivity contribution < 1.29 is 34.4 Å². The van der Waals surface area contributed by atoms with Crippen LogP contribution in [0, 0.1) is 0 Å². The average molecular weight is 551 g/mol. The Morgan fingerprint density at radius 2 is 1.75 bits per heavy atom. The molecule has 1 saturated heterocycles. The van der Waals surface area contributed by atoms with Crippen molar-refractivity contribution in [1.29, 1.82) is 0 Å². The molecule has 0 unspecified atom stereocenters. The molecule has 3 aromatic rings. The highest BCUT2D eigenvalue weighted by atomic mass is 16.6. The van der Waals surface area contributed by atoms with Crippen molar-refractivity contribution in [3.63, 3.8) is 0 Å². The first-order chi connectivity index (χ1) is 19.4. The van der Waals surface area contributed by atoms with E-state index in [0.717, 1.165) is 11.1 Å². The summed E-state index contributed by atoms with van der Waals surface area (Å²) in [7, 11) is 0. The summed E-state index contributed by atoms with van der Waals surface area (Å²) in [6.45, 7) is -0.421. The van der Waals surface area contributed by atoms with Gasteiger partial charge in [-0.3, -0.25) is 9.36 Å². The van der Waals surface area contributed by atoms with E-state index in [2.05, 4.69) is 25.9 Å². The third kappa shape index (κ3) is 5.97. The number of nitrogens with one attached hydrogen (secondary N) is 3. The first-order valence-corrected chi connectivity index (χ1v) is 12.7. The van der Waals surface area contributed by atoms with Gasteiger partial charge in [-0.1, -0.05) is 60.7 Å². The summed E-state index contributed by atoms with van der Waals surface area (Å²) in [6, 6.07) is 17.4. The van der Waals surface area contributed by atoms with Gasteiger partial charge in [0.25, 0.3) is 0 Å². The van der Waals surface area contributed by atoms with E-state index in [1.807, 2.05) is 60.7 Å². The number of aromatic nitrogens is 2. The number of rotatable bonds is 9. The summed E-state index contributed by atoms with van der Waals surface area (Å²) < 4.78 is 12.4. The Kier molecular flexibility index (Phi) is 8.36. The van der Waals surface area contributed by atoms with Gasteiger partial charge in [0.2, 0.25) is 5.91 Å². The molecule has 13 nitrogen and oxygen atoms in total. The van der Waals surface area contributed by atoms with Crippen LogP contribution in [0.15, 0.2) is 72.0 Å². The zero-order valence-electron chi connectivity index (χ0n) is 21.3. The van der Waals surface area contributed by atoms with E-state index in [1.165, 1.54) is 17.2 Å². The van der Waals surface area contributed by atoms with Crippen LogP contribution in [0.25, 0.3) is 0 Å². The zero-order chi connectivity index (χ0) is 28.1. The number of carbonyl (C=O) groups excluding carboxylic acids is 2. The van der Waals surface area contributed by atoms with Crippen molar-refractivity contribution in [3.8, 4) is 0 Å². The number of benzene rings is 2. The molecule has 0 spiro atoms. The number of hydrogen-bond donors (Lipinski definition) is 6. The van der Waals surface area contributed by atoms with Crippen molar-refractivity contribution >= 4 is 24.2 Å². The number of nitrogens with zero attached hydrogens (tertiary/aromatic N) is 3. The molecule has 0 aliphatic carbocycles. The maximum Gasteiger partial charge on any atom is 0.408 e. The van der Waals surface area contributed by atoms with Gasteiger partial charge in [-0.25, -0.2) is 14.8 Å². The molecule has 13 heteroatoms. The highest BCUT2D eigenvalue weighted by Crippen LogP contribution is 2.35. The molecule has 0 bridgehead atoms. The number of carbonyl (C=O) groups is 2. The highest BCUT2D eigenvalue weighted by molar-refractivity contribution is 5.87. The third-order valence-corrected chi connectivity index (χ3v) is 6.68. The molecule has 5 rings (SSSR count). The van der Waals surface area contributed by atoms with Gasteiger partial charge in [0.05, 0.1) is 19.3 Å². The molecule has 2 amide bonds. The van der Waals surface area contributed by atoms with Gasteiger partial charge in [-0.2, -0.15) is 0 Å². The summed E-state index contributed by atoms with van der Waals surface area (Å²) in [5, 5.41) is 38.4. The minimum absolute atomic E-state index is 0.0483. The number of imidazole rings is 1. The van der Waals surface area contributed by atoms with Crippen LogP contribution >= 0.6 is 0 Å². The first kappa shape index (κ1) is 27.3. The maximum atomic E-state index is 13.4. The van der Waals surface area contributed by atoms with Gasteiger partial charge in [0.15, 0.2) is 12.4 Å². The van der Waals surface area contributed by atoms with Crippen LogP contribution in [0.1, 0.15) is 29.2 Å². The third-order valence-electron chi connectivity index (χ3n) is 6.68. The molecule has 40 heavy (non-hydrogen) atoms. The molecular weight excluding hydrogens is 520 g/mol. The summed E-state index contributed by atoms with van der Waals surface area (Å²) in [4.78, 5) is 34.7. The Balaban J connectivity index is 1.29. The van der Waals surface area contributed by atoms with E-state index in [4.69, 9.17) is 9.47 Å². The predicted molar refractivity (Wildman–Crippen MR) is 142 cm³/mol. The lowest BCUT2D eigenvalue weighted by molar-refractivity contribution is -0.123. The van der Waals surface area contributed by atoms with Crippen LogP contribution in [-0.4, -0.2) is 74.2 Å². The molecule has 2 aliphatic heterocycles.